The quantitative estimate of drug-likeness (QED) is 0.0328. The van der Waals surface area contributed by atoms with E-state index in [2.05, 4.69) is 42.6 Å². The van der Waals surface area contributed by atoms with E-state index in [0.717, 1.165) is 58.6 Å². The van der Waals surface area contributed by atoms with E-state index in [0.29, 0.717) is 10.1 Å². The summed E-state index contributed by atoms with van der Waals surface area (Å²) in [6, 6.07) is -1.00. The van der Waals surface area contributed by atoms with E-state index in [-0.39, 0.29) is 6.03 Å². The van der Waals surface area contributed by atoms with E-state index in [9.17, 15) is 14.8 Å². The first-order valence-corrected chi connectivity index (χ1v) is 23.8. The highest BCUT2D eigenvalue weighted by Crippen LogP contribution is 2.16. The molecule has 342 valence electrons. The number of rotatable bonds is 35. The number of nitrogens with zero attached hydrogens (tertiary/aromatic N) is 5. The minimum absolute atomic E-state index is 0.303. The highest BCUT2D eigenvalue weighted by atomic mass is 16.7. The van der Waals surface area contributed by atoms with Gasteiger partial charge in [0, 0.05) is 46.8 Å². The Morgan fingerprint density at radius 1 is 0.526 bits per heavy atom. The fraction of sp³-hybridized carbons (Fsp3) is 0.956. The lowest BCUT2D eigenvalue weighted by atomic mass is 10.1. The lowest BCUT2D eigenvalue weighted by Crippen LogP contribution is -2.49. The lowest BCUT2D eigenvalue weighted by molar-refractivity contribution is -0.161. The molecule has 1 fully saturated rings. The van der Waals surface area contributed by atoms with E-state index >= 15 is 0 Å². The number of nitrogens with one attached hydrogen (secondary N) is 1. The van der Waals surface area contributed by atoms with E-state index in [4.69, 9.17) is 10.0 Å². The van der Waals surface area contributed by atoms with Crippen molar-refractivity contribution in [1.82, 2.24) is 30.7 Å². The van der Waals surface area contributed by atoms with Crippen LogP contribution < -0.4 is 5.48 Å². The molecule has 1 heterocycles. The Labute approximate surface area is 352 Å². The molecule has 0 radical (unpaired) electrons. The molecule has 1 aliphatic heterocycles. The minimum Gasteiger partial charge on any atom is -0.299 e. The average Bonchev–Trinajstić information content (AvgIpc) is 3.74. The Morgan fingerprint density at radius 2 is 0.877 bits per heavy atom. The Balaban J connectivity index is 0. The molecule has 3 N–H and O–H groups in total. The van der Waals surface area contributed by atoms with Gasteiger partial charge in [-0.25, -0.2) is 30.2 Å². The van der Waals surface area contributed by atoms with Crippen LogP contribution in [0, 0.1) is 0 Å². The number of hydrazine groups is 1. The largest absolute Gasteiger partial charge is 0.364 e. The maximum absolute atomic E-state index is 12.1. The van der Waals surface area contributed by atoms with Crippen molar-refractivity contribution >= 4 is 12.1 Å². The maximum atomic E-state index is 12.1. The summed E-state index contributed by atoms with van der Waals surface area (Å²) in [5.74, 6) is 0. The Hall–Kier alpha value is -1.70. The van der Waals surface area contributed by atoms with Crippen molar-refractivity contribution in [2.45, 2.75) is 220 Å². The van der Waals surface area contributed by atoms with Crippen molar-refractivity contribution in [2.24, 2.45) is 0 Å². The number of urea groups is 2. The molecule has 0 spiro atoms. The molecule has 1 saturated heterocycles. The van der Waals surface area contributed by atoms with Crippen molar-refractivity contribution in [1.29, 1.82) is 0 Å². The Bertz CT molecular complexity index is 818. The third kappa shape index (κ3) is 39.5. The molecule has 4 amide bonds. The Morgan fingerprint density at radius 3 is 1.21 bits per heavy atom. The zero-order valence-corrected chi connectivity index (χ0v) is 38.7. The third-order valence-corrected chi connectivity index (χ3v) is 10.4. The molecule has 1 aliphatic rings. The van der Waals surface area contributed by atoms with Crippen molar-refractivity contribution in [3.05, 3.63) is 0 Å². The predicted octanol–water partition coefficient (Wildman–Crippen LogP) is 12.5. The molecule has 0 aromatic heterocycles. The van der Waals surface area contributed by atoms with Crippen LogP contribution in [0.2, 0.25) is 0 Å². The van der Waals surface area contributed by atoms with Crippen LogP contribution in [-0.2, 0) is 9.68 Å². The highest BCUT2D eigenvalue weighted by molar-refractivity contribution is 5.72. The van der Waals surface area contributed by atoms with Crippen molar-refractivity contribution in [3.8, 4) is 0 Å². The third-order valence-electron chi connectivity index (χ3n) is 10.4. The predicted molar refractivity (Wildman–Crippen MR) is 237 cm³/mol. The van der Waals surface area contributed by atoms with Crippen LogP contribution in [0.5, 0.6) is 0 Å². The number of carbonyl (C=O) groups excluding carboxylic acids is 2. The fourth-order valence-corrected chi connectivity index (χ4v) is 6.82. The first-order valence-electron chi connectivity index (χ1n) is 23.8. The molecular weight excluding hydrogens is 721 g/mol. The van der Waals surface area contributed by atoms with Gasteiger partial charge in [0.15, 0.2) is 0 Å². The van der Waals surface area contributed by atoms with Gasteiger partial charge in [-0.3, -0.25) is 25.1 Å². The van der Waals surface area contributed by atoms with Crippen molar-refractivity contribution < 1.29 is 29.7 Å². The molecule has 12 heteroatoms. The van der Waals surface area contributed by atoms with E-state index in [1.807, 2.05) is 5.48 Å². The summed E-state index contributed by atoms with van der Waals surface area (Å²) in [7, 11) is 3.87. The van der Waals surface area contributed by atoms with Crippen LogP contribution in [0.25, 0.3) is 0 Å². The average molecular weight is 817 g/mol. The molecule has 1 rings (SSSR count). The van der Waals surface area contributed by atoms with Crippen LogP contribution in [-0.4, -0.2) is 108 Å². The molecule has 0 aromatic carbocycles. The second kappa shape index (κ2) is 45.4. The highest BCUT2D eigenvalue weighted by Gasteiger charge is 2.25. The summed E-state index contributed by atoms with van der Waals surface area (Å²) >= 11 is 0. The number of carbonyl (C=O) groups is 2. The summed E-state index contributed by atoms with van der Waals surface area (Å²) in [6.45, 7) is 14.9. The molecule has 12 nitrogen and oxygen atoms in total. The summed E-state index contributed by atoms with van der Waals surface area (Å²) < 4.78 is 0. The second-order valence-corrected chi connectivity index (χ2v) is 16.0. The van der Waals surface area contributed by atoms with Gasteiger partial charge in [-0.2, -0.15) is 5.06 Å². The van der Waals surface area contributed by atoms with Crippen LogP contribution >= 0.6 is 0 Å². The van der Waals surface area contributed by atoms with Crippen LogP contribution in [0.1, 0.15) is 220 Å². The first kappa shape index (κ1) is 57.4. The SMILES string of the molecule is CCCCCCCCCCCCN(C(=O)N(C)O)N1CCCC1.CCCCCCCCON(CCCCCCCC)CCCCCCCC.CONC(=O)N(C)O. The number of unbranched alkanes of at least 4 members (excludes halogenated alkanes) is 24. The first-order chi connectivity index (χ1) is 27.7. The molecular formula is C45H96N6O6. The maximum Gasteiger partial charge on any atom is 0.364 e. The van der Waals surface area contributed by atoms with Crippen LogP contribution in [0.3, 0.4) is 0 Å². The molecule has 0 unspecified atom stereocenters. The molecule has 0 saturated carbocycles. The molecule has 0 aromatic rings. The van der Waals surface area contributed by atoms with Crippen molar-refractivity contribution in [3.63, 3.8) is 0 Å². The van der Waals surface area contributed by atoms with Gasteiger partial charge in [0.2, 0.25) is 0 Å². The van der Waals surface area contributed by atoms with E-state index < -0.39 is 6.03 Å². The fourth-order valence-electron chi connectivity index (χ4n) is 6.82. The van der Waals surface area contributed by atoms with Gasteiger partial charge >= 0.3 is 12.1 Å². The molecule has 57 heavy (non-hydrogen) atoms. The van der Waals surface area contributed by atoms with Gasteiger partial charge in [-0.05, 0) is 38.5 Å². The van der Waals surface area contributed by atoms with E-state index in [1.54, 1.807) is 5.01 Å². The summed E-state index contributed by atoms with van der Waals surface area (Å²) in [6.07, 6.45) is 39.7. The monoisotopic (exact) mass is 817 g/mol. The second-order valence-electron chi connectivity index (χ2n) is 16.0. The summed E-state index contributed by atoms with van der Waals surface area (Å²) in [5.41, 5.74) is 1.88. The standard InChI is InChI=1S/C24H51NO.C18H37N3O2.C3H8N2O3/c1-4-7-10-13-16-19-22-25(23-20-17-14-11-8-5-2)26-24-21-18-15-12-9-6-3;1-3-4-5-6-7-8-9-10-11-12-17-21(18(22)19(2)23)20-15-13-14-16-20;1-5(7)3(6)4-8-2/h4-24H2,1-3H3;23H,3-17H2,1-2H3;7H,1-2H3,(H,4,6). The zero-order chi connectivity index (χ0) is 42.6. The van der Waals surface area contributed by atoms with Crippen LogP contribution in [0.15, 0.2) is 0 Å². The van der Waals surface area contributed by atoms with Gasteiger partial charge in [0.25, 0.3) is 0 Å². The molecule has 0 aliphatic carbocycles. The smallest absolute Gasteiger partial charge is 0.299 e. The number of hydrogen-bond donors (Lipinski definition) is 3. The van der Waals surface area contributed by atoms with Gasteiger partial charge in [0.1, 0.15) is 0 Å². The molecule has 0 bridgehead atoms. The number of hydroxylamine groups is 7. The van der Waals surface area contributed by atoms with E-state index in [1.165, 1.54) is 195 Å². The minimum atomic E-state index is -0.701. The number of hydrogen-bond acceptors (Lipinski definition) is 8. The topological polar surface area (TPSA) is 121 Å². The summed E-state index contributed by atoms with van der Waals surface area (Å²) in [5, 5.41) is 24.9. The van der Waals surface area contributed by atoms with Crippen molar-refractivity contribution in [2.75, 3.05) is 60.5 Å². The molecule has 0 atom stereocenters. The zero-order valence-electron chi connectivity index (χ0n) is 38.7. The number of amides is 4. The lowest BCUT2D eigenvalue weighted by Gasteiger charge is -2.32. The van der Waals surface area contributed by atoms with Crippen LogP contribution in [0.4, 0.5) is 9.59 Å². The van der Waals surface area contributed by atoms with Gasteiger partial charge in [0.05, 0.1) is 13.7 Å². The van der Waals surface area contributed by atoms with Gasteiger partial charge in [-0.15, -0.1) is 0 Å². The normalized spacial score (nSPS) is 12.5. The van der Waals surface area contributed by atoms with Gasteiger partial charge < -0.3 is 0 Å². The van der Waals surface area contributed by atoms with Gasteiger partial charge in [-0.1, -0.05) is 182 Å². The summed E-state index contributed by atoms with van der Waals surface area (Å²) in [4.78, 5) is 32.6. The Kier molecular flexibility index (Phi) is 45.7.